The fourth-order valence-electron chi connectivity index (χ4n) is 1.95. The van der Waals surface area contributed by atoms with Crippen LogP contribution in [0.25, 0.3) is 0 Å². The normalized spacial score (nSPS) is 10.8. The van der Waals surface area contributed by atoms with Crippen LogP contribution in [-0.2, 0) is 12.3 Å². The zero-order chi connectivity index (χ0) is 17.6. The second kappa shape index (κ2) is 8.37. The van der Waals surface area contributed by atoms with Gasteiger partial charge in [-0.2, -0.15) is 5.10 Å². The first kappa shape index (κ1) is 17.8. The molecule has 0 radical (unpaired) electrons. The summed E-state index contributed by atoms with van der Waals surface area (Å²) >= 11 is 4.58. The second-order valence-electron chi connectivity index (χ2n) is 4.98. The summed E-state index contributed by atoms with van der Waals surface area (Å²) in [4.78, 5) is 25.2. The topological polar surface area (TPSA) is 89.8 Å². The lowest BCUT2D eigenvalue weighted by atomic mass is 10.3. The number of thiophene rings is 1. The van der Waals surface area contributed by atoms with E-state index in [1.54, 1.807) is 23.1 Å². The molecule has 3 aromatic rings. The number of nitrogens with zero attached hydrogens (tertiary/aromatic N) is 4. The van der Waals surface area contributed by atoms with Crippen LogP contribution >= 0.6 is 34.4 Å². The lowest BCUT2D eigenvalue weighted by Gasteiger charge is -2.04. The van der Waals surface area contributed by atoms with Gasteiger partial charge < -0.3 is 0 Å². The second-order valence-corrected chi connectivity index (χ2v) is 8.21. The van der Waals surface area contributed by atoms with E-state index in [2.05, 4.69) is 26.7 Å². The molecule has 1 amide bonds. The van der Waals surface area contributed by atoms with E-state index >= 15 is 0 Å². The molecule has 1 N–H and O–H groups in total. The highest BCUT2D eigenvalue weighted by molar-refractivity contribution is 8.00. The molecule has 3 heterocycles. The van der Waals surface area contributed by atoms with Crippen molar-refractivity contribution in [3.8, 4) is 0 Å². The third-order valence-electron chi connectivity index (χ3n) is 3.08. The Kier molecular flexibility index (Phi) is 5.95. The first-order chi connectivity index (χ1) is 12.2. The van der Waals surface area contributed by atoms with Gasteiger partial charge in [-0.25, -0.2) is 4.68 Å². The Bertz CT molecular complexity index is 904. The molecule has 0 saturated heterocycles. The molecule has 7 nitrogen and oxygen atoms in total. The number of aryl methyl sites for hydroxylation is 1. The van der Waals surface area contributed by atoms with E-state index in [1.165, 1.54) is 33.0 Å². The quantitative estimate of drug-likeness (QED) is 0.490. The van der Waals surface area contributed by atoms with Crippen molar-refractivity contribution in [2.45, 2.75) is 30.0 Å². The van der Waals surface area contributed by atoms with Crippen molar-refractivity contribution in [2.24, 2.45) is 0 Å². The van der Waals surface area contributed by atoms with Gasteiger partial charge in [-0.3, -0.25) is 14.9 Å². The minimum absolute atomic E-state index is 0.177. The summed E-state index contributed by atoms with van der Waals surface area (Å²) in [6, 6.07) is 6.84. The van der Waals surface area contributed by atoms with E-state index in [9.17, 15) is 9.59 Å². The predicted octanol–water partition coefficient (Wildman–Crippen LogP) is 3.11. The number of carbonyl (C=O) groups excluding carboxylic acids is 1. The van der Waals surface area contributed by atoms with E-state index in [1.807, 2.05) is 18.4 Å². The Morgan fingerprint density at radius 3 is 2.96 bits per heavy atom. The van der Waals surface area contributed by atoms with Crippen LogP contribution in [0.3, 0.4) is 0 Å². The minimum atomic E-state index is -0.407. The molecule has 0 bridgehead atoms. The maximum absolute atomic E-state index is 12.3. The molecule has 0 spiro atoms. The van der Waals surface area contributed by atoms with Crippen molar-refractivity contribution in [2.75, 3.05) is 5.32 Å². The molecular weight excluding hydrogens is 378 g/mol. The van der Waals surface area contributed by atoms with Crippen LogP contribution in [0.4, 0.5) is 5.13 Å². The van der Waals surface area contributed by atoms with Gasteiger partial charge in [0.05, 0.1) is 0 Å². The van der Waals surface area contributed by atoms with E-state index in [4.69, 9.17) is 0 Å². The molecule has 0 aliphatic heterocycles. The van der Waals surface area contributed by atoms with Crippen LogP contribution < -0.4 is 10.9 Å². The molecule has 0 atom stereocenters. The predicted molar refractivity (Wildman–Crippen MR) is 101 cm³/mol. The van der Waals surface area contributed by atoms with Crippen LogP contribution in [0.2, 0.25) is 0 Å². The highest BCUT2D eigenvalue weighted by atomic mass is 32.2. The van der Waals surface area contributed by atoms with Crippen LogP contribution in [0.5, 0.6) is 0 Å². The van der Waals surface area contributed by atoms with Crippen molar-refractivity contribution < 1.29 is 4.79 Å². The zero-order valence-electron chi connectivity index (χ0n) is 13.3. The Hall–Kier alpha value is -2.04. The molecule has 3 rings (SSSR count). The number of aromatic nitrogens is 4. The fraction of sp³-hybridized carbons (Fsp3) is 0.267. The van der Waals surface area contributed by atoms with Crippen molar-refractivity contribution >= 4 is 45.5 Å². The van der Waals surface area contributed by atoms with Crippen molar-refractivity contribution in [3.05, 3.63) is 50.6 Å². The van der Waals surface area contributed by atoms with E-state index in [0.717, 1.165) is 16.5 Å². The SMILES string of the molecule is CCCn1nc(C(=O)Nc2nnc(SCc3cccs3)s2)ccc1=O. The molecule has 25 heavy (non-hydrogen) atoms. The fourth-order valence-corrected chi connectivity index (χ4v) is 4.47. The van der Waals surface area contributed by atoms with Crippen molar-refractivity contribution in [1.29, 1.82) is 0 Å². The molecular formula is C15H15N5O2S3. The van der Waals surface area contributed by atoms with Crippen molar-refractivity contribution in [1.82, 2.24) is 20.0 Å². The van der Waals surface area contributed by atoms with Gasteiger partial charge in [-0.05, 0) is 23.9 Å². The van der Waals surface area contributed by atoms with Gasteiger partial charge in [-0.15, -0.1) is 21.5 Å². The van der Waals surface area contributed by atoms with Crippen molar-refractivity contribution in [3.63, 3.8) is 0 Å². The van der Waals surface area contributed by atoms with E-state index < -0.39 is 5.91 Å². The average Bonchev–Trinajstić information content (AvgIpc) is 3.27. The highest BCUT2D eigenvalue weighted by Gasteiger charge is 2.13. The minimum Gasteiger partial charge on any atom is -0.295 e. The van der Waals surface area contributed by atoms with Gasteiger partial charge in [0.1, 0.15) is 5.69 Å². The molecule has 0 aliphatic carbocycles. The maximum atomic E-state index is 12.3. The number of rotatable bonds is 7. The smallest absolute Gasteiger partial charge is 0.277 e. The number of anilines is 1. The molecule has 0 unspecified atom stereocenters. The highest BCUT2D eigenvalue weighted by Crippen LogP contribution is 2.29. The van der Waals surface area contributed by atoms with Crippen LogP contribution in [0.1, 0.15) is 28.7 Å². The molecule has 3 aromatic heterocycles. The largest absolute Gasteiger partial charge is 0.295 e. The van der Waals surface area contributed by atoms with Gasteiger partial charge in [0.15, 0.2) is 4.34 Å². The van der Waals surface area contributed by atoms with E-state index in [0.29, 0.717) is 11.7 Å². The molecule has 130 valence electrons. The number of amides is 1. The number of hydrogen-bond acceptors (Lipinski definition) is 8. The first-order valence-corrected chi connectivity index (χ1v) is 10.2. The molecule has 0 fully saturated rings. The number of carbonyl (C=O) groups is 1. The summed E-state index contributed by atoms with van der Waals surface area (Å²) < 4.78 is 2.07. The lowest BCUT2D eigenvalue weighted by molar-refractivity contribution is 0.101. The number of thioether (sulfide) groups is 1. The Morgan fingerprint density at radius 2 is 2.20 bits per heavy atom. The summed E-state index contributed by atoms with van der Waals surface area (Å²) in [7, 11) is 0. The summed E-state index contributed by atoms with van der Waals surface area (Å²) in [6.45, 7) is 2.42. The Balaban J connectivity index is 1.63. The third kappa shape index (κ3) is 4.74. The average molecular weight is 394 g/mol. The van der Waals surface area contributed by atoms with Crippen LogP contribution in [-0.4, -0.2) is 25.9 Å². The molecule has 0 aromatic carbocycles. The van der Waals surface area contributed by atoms with E-state index in [-0.39, 0.29) is 11.3 Å². The molecule has 0 aliphatic rings. The maximum Gasteiger partial charge on any atom is 0.277 e. The van der Waals surface area contributed by atoms with Gasteiger partial charge in [0.2, 0.25) is 5.13 Å². The lowest BCUT2D eigenvalue weighted by Crippen LogP contribution is -2.26. The summed E-state index contributed by atoms with van der Waals surface area (Å²) in [5.41, 5.74) is -0.0439. The third-order valence-corrected chi connectivity index (χ3v) is 6.16. The molecule has 0 saturated carbocycles. The standard InChI is InChI=1S/C15H15N5O2S3/c1-2-7-20-12(21)6-5-11(19-20)13(22)16-14-17-18-15(25-14)24-9-10-4-3-8-23-10/h3-6,8H,2,7,9H2,1H3,(H,16,17,22). The zero-order valence-corrected chi connectivity index (χ0v) is 15.8. The van der Waals surface area contributed by atoms with Gasteiger partial charge in [0.25, 0.3) is 11.5 Å². The van der Waals surface area contributed by atoms with Crippen LogP contribution in [0, 0.1) is 0 Å². The monoisotopic (exact) mass is 393 g/mol. The van der Waals surface area contributed by atoms with Crippen LogP contribution in [0.15, 0.2) is 38.8 Å². The first-order valence-electron chi connectivity index (χ1n) is 7.54. The Labute approximate surface area is 156 Å². The summed E-state index contributed by atoms with van der Waals surface area (Å²) in [6.07, 6.45) is 0.763. The summed E-state index contributed by atoms with van der Waals surface area (Å²) in [5, 5.41) is 17.3. The Morgan fingerprint density at radius 1 is 1.32 bits per heavy atom. The number of hydrogen-bond donors (Lipinski definition) is 1. The number of nitrogens with one attached hydrogen (secondary N) is 1. The summed E-state index contributed by atoms with van der Waals surface area (Å²) in [5.74, 6) is 0.417. The van der Waals surface area contributed by atoms with Gasteiger partial charge in [0, 0.05) is 23.2 Å². The van der Waals surface area contributed by atoms with Gasteiger partial charge in [-0.1, -0.05) is 36.1 Å². The van der Waals surface area contributed by atoms with Gasteiger partial charge >= 0.3 is 0 Å². The molecule has 10 heteroatoms.